The van der Waals surface area contributed by atoms with Gasteiger partial charge in [-0.25, -0.2) is 0 Å². The zero-order chi connectivity index (χ0) is 27.3. The van der Waals surface area contributed by atoms with E-state index in [1.165, 1.54) is 11.1 Å². The van der Waals surface area contributed by atoms with Crippen molar-refractivity contribution >= 4 is 23.5 Å². The molecule has 5 rings (SSSR count). The van der Waals surface area contributed by atoms with Crippen LogP contribution < -0.4 is 0 Å². The number of alkyl halides is 1. The number of rotatable bonds is 3. The molecule has 0 aliphatic heterocycles. The van der Waals surface area contributed by atoms with Crippen LogP contribution in [0, 0.1) is 50.7 Å². The Bertz CT molecular complexity index is 1040. The minimum atomic E-state index is -1.42. The number of hydrogen-bond donors (Lipinski definition) is 4. The van der Waals surface area contributed by atoms with E-state index >= 15 is 0 Å². The summed E-state index contributed by atoms with van der Waals surface area (Å²) in [4.78, 5) is 25.4. The van der Waals surface area contributed by atoms with Crippen LogP contribution in [0.2, 0.25) is 0 Å². The van der Waals surface area contributed by atoms with E-state index in [0.717, 1.165) is 32.1 Å². The van der Waals surface area contributed by atoms with E-state index < -0.39 is 40.4 Å². The van der Waals surface area contributed by atoms with Crippen LogP contribution in [0.25, 0.3) is 0 Å². The van der Waals surface area contributed by atoms with E-state index in [9.17, 15) is 30.0 Å². The second-order valence-corrected chi connectivity index (χ2v) is 15.1. The summed E-state index contributed by atoms with van der Waals surface area (Å²) in [6, 6.07) is 0. The summed E-state index contributed by atoms with van der Waals surface area (Å²) >= 11 is 6.72. The number of allylic oxidation sites excluding steroid dienone is 2. The van der Waals surface area contributed by atoms with Crippen molar-refractivity contribution in [1.82, 2.24) is 0 Å². The summed E-state index contributed by atoms with van der Waals surface area (Å²) < 4.78 is 0. The van der Waals surface area contributed by atoms with Crippen molar-refractivity contribution in [3.05, 3.63) is 11.1 Å². The van der Waals surface area contributed by atoms with E-state index in [4.69, 9.17) is 11.6 Å². The van der Waals surface area contributed by atoms with Crippen molar-refractivity contribution in [3.8, 4) is 0 Å². The summed E-state index contributed by atoms with van der Waals surface area (Å²) in [6.07, 6.45) is 4.09. The van der Waals surface area contributed by atoms with Gasteiger partial charge in [-0.1, -0.05) is 38.8 Å². The standard InChI is InChI=1S/C30H45ClO6/c1-26(2)10-11-30(25(36)37)9-6-17-22(18(30)13-26)16(15-31)12-21-27(17,3)8-7-20-28(21,4)14-19(32)23(33)29(20,5)24(34)35/h16,18-21,23,32-33H,6-15H2,1-5H3,(H,34,35)(H,36,37)/t16-,18+,19-,20+,21+,23-,27+,28-,29+,30+/m0/s1. The fourth-order valence-corrected chi connectivity index (χ4v) is 10.9. The molecule has 0 radical (unpaired) electrons. The van der Waals surface area contributed by atoms with Gasteiger partial charge in [-0.05, 0) is 105 Å². The molecule has 208 valence electrons. The predicted molar refractivity (Wildman–Crippen MR) is 141 cm³/mol. The van der Waals surface area contributed by atoms with Gasteiger partial charge in [-0.15, -0.1) is 11.6 Å². The Hall–Kier alpha value is -1.11. The molecule has 0 amide bonds. The zero-order valence-electron chi connectivity index (χ0n) is 23.0. The van der Waals surface area contributed by atoms with Gasteiger partial charge in [-0.3, -0.25) is 9.59 Å². The summed E-state index contributed by atoms with van der Waals surface area (Å²) in [7, 11) is 0. The third-order valence-electron chi connectivity index (χ3n) is 12.6. The van der Waals surface area contributed by atoms with Crippen molar-refractivity contribution in [2.24, 2.45) is 50.7 Å². The molecule has 7 heteroatoms. The highest BCUT2D eigenvalue weighted by Gasteiger charge is 2.69. The minimum Gasteiger partial charge on any atom is -0.481 e. The first-order valence-corrected chi connectivity index (χ1v) is 14.7. The molecule has 37 heavy (non-hydrogen) atoms. The topological polar surface area (TPSA) is 115 Å². The van der Waals surface area contributed by atoms with Crippen molar-refractivity contribution in [1.29, 1.82) is 0 Å². The van der Waals surface area contributed by atoms with Gasteiger partial charge in [0.1, 0.15) is 0 Å². The van der Waals surface area contributed by atoms with Crippen LogP contribution >= 0.6 is 11.6 Å². The average Bonchev–Trinajstić information content (AvgIpc) is 2.81. The second-order valence-electron chi connectivity index (χ2n) is 14.8. The van der Waals surface area contributed by atoms with Gasteiger partial charge in [0, 0.05) is 5.88 Å². The first-order valence-electron chi connectivity index (χ1n) is 14.2. The Labute approximate surface area is 225 Å². The maximum Gasteiger partial charge on any atom is 0.312 e. The smallest absolute Gasteiger partial charge is 0.312 e. The summed E-state index contributed by atoms with van der Waals surface area (Å²) in [5.41, 5.74) is -0.0655. The molecule has 0 unspecified atom stereocenters. The number of hydrogen-bond acceptors (Lipinski definition) is 4. The lowest BCUT2D eigenvalue weighted by molar-refractivity contribution is -0.225. The first kappa shape index (κ1) is 27.5. The number of aliphatic hydroxyl groups is 2. The molecule has 0 aromatic heterocycles. The highest BCUT2D eigenvalue weighted by Crippen LogP contribution is 2.72. The highest BCUT2D eigenvalue weighted by atomic mass is 35.5. The fraction of sp³-hybridized carbons (Fsp3) is 0.867. The molecule has 0 aromatic rings. The monoisotopic (exact) mass is 536 g/mol. The van der Waals surface area contributed by atoms with Crippen molar-refractivity contribution in [3.63, 3.8) is 0 Å². The third kappa shape index (κ3) is 3.50. The molecule has 0 saturated heterocycles. The molecule has 10 atom stereocenters. The maximum absolute atomic E-state index is 12.8. The average molecular weight is 537 g/mol. The Kier molecular flexibility index (Phi) is 6.27. The molecule has 6 nitrogen and oxygen atoms in total. The molecule has 0 bridgehead atoms. The Morgan fingerprint density at radius 2 is 1.59 bits per heavy atom. The van der Waals surface area contributed by atoms with Crippen molar-refractivity contribution in [2.45, 2.75) is 105 Å². The van der Waals surface area contributed by atoms with E-state index in [-0.39, 0.29) is 34.5 Å². The number of fused-ring (bicyclic) bond motifs is 6. The third-order valence-corrected chi connectivity index (χ3v) is 13.0. The lowest BCUT2D eigenvalue weighted by Gasteiger charge is -2.67. The highest BCUT2D eigenvalue weighted by molar-refractivity contribution is 6.18. The van der Waals surface area contributed by atoms with E-state index in [1.807, 2.05) is 0 Å². The van der Waals surface area contributed by atoms with Gasteiger partial charge in [0.05, 0.1) is 23.0 Å². The first-order chi connectivity index (χ1) is 17.1. The Morgan fingerprint density at radius 1 is 0.919 bits per heavy atom. The maximum atomic E-state index is 12.8. The quantitative estimate of drug-likeness (QED) is 0.280. The number of carbonyl (C=O) groups is 2. The van der Waals surface area contributed by atoms with Gasteiger partial charge >= 0.3 is 11.9 Å². The molecule has 0 spiro atoms. The number of aliphatic carboxylic acids is 2. The normalized spacial score (nSPS) is 50.8. The van der Waals surface area contributed by atoms with E-state index in [1.54, 1.807) is 6.92 Å². The molecule has 5 aliphatic rings. The Morgan fingerprint density at radius 3 is 2.19 bits per heavy atom. The van der Waals surface area contributed by atoms with E-state index in [0.29, 0.717) is 31.6 Å². The molecule has 4 N–H and O–H groups in total. The molecule has 5 aliphatic carbocycles. The van der Waals surface area contributed by atoms with Gasteiger partial charge in [0.2, 0.25) is 0 Å². The van der Waals surface area contributed by atoms with Crippen LogP contribution in [0.15, 0.2) is 11.1 Å². The van der Waals surface area contributed by atoms with Crippen LogP contribution in [-0.2, 0) is 9.59 Å². The van der Waals surface area contributed by atoms with Crippen molar-refractivity contribution in [2.75, 3.05) is 5.88 Å². The van der Waals surface area contributed by atoms with Gasteiger partial charge in [0.25, 0.3) is 0 Å². The largest absolute Gasteiger partial charge is 0.481 e. The summed E-state index contributed by atoms with van der Waals surface area (Å²) in [6.45, 7) is 10.6. The van der Waals surface area contributed by atoms with Crippen LogP contribution in [0.4, 0.5) is 0 Å². The zero-order valence-corrected chi connectivity index (χ0v) is 23.8. The lowest BCUT2D eigenvalue weighted by atomic mass is 9.37. The summed E-state index contributed by atoms with van der Waals surface area (Å²) in [5.74, 6) is -1.43. The van der Waals surface area contributed by atoms with E-state index in [2.05, 4.69) is 27.7 Å². The number of halogens is 1. The van der Waals surface area contributed by atoms with Gasteiger partial charge in [0.15, 0.2) is 0 Å². The molecule has 3 saturated carbocycles. The van der Waals surface area contributed by atoms with Crippen LogP contribution in [0.5, 0.6) is 0 Å². The lowest BCUT2D eigenvalue weighted by Crippen LogP contribution is -2.67. The second kappa shape index (κ2) is 8.44. The number of aliphatic hydroxyl groups excluding tert-OH is 2. The number of carboxylic acid groups (broad SMARTS) is 2. The fourth-order valence-electron chi connectivity index (χ4n) is 10.6. The molecule has 3 fully saturated rings. The van der Waals surface area contributed by atoms with Crippen LogP contribution in [0.1, 0.15) is 92.4 Å². The minimum absolute atomic E-state index is 0.0207. The molecule has 0 heterocycles. The SMILES string of the molecule is CC1(C)CC[C@]2(C(=O)O)CCC3=C([C@H](CCl)C[C@H]4[C@@]5(C)C[C@H](O)[C@H](O)[C@](C)(C(=O)O)[C@@H]5CC[C@]34C)[C@H]2C1. The van der Waals surface area contributed by atoms with Crippen LogP contribution in [-0.4, -0.2) is 50.5 Å². The number of carboxylic acids is 2. The van der Waals surface area contributed by atoms with Crippen LogP contribution in [0.3, 0.4) is 0 Å². The van der Waals surface area contributed by atoms with Gasteiger partial charge in [-0.2, -0.15) is 0 Å². The Balaban J connectivity index is 1.65. The molecule has 0 aromatic carbocycles. The molecular weight excluding hydrogens is 492 g/mol. The van der Waals surface area contributed by atoms with Gasteiger partial charge < -0.3 is 20.4 Å². The summed E-state index contributed by atoms with van der Waals surface area (Å²) in [5, 5.41) is 42.7. The van der Waals surface area contributed by atoms with Crippen molar-refractivity contribution < 1.29 is 30.0 Å². The predicted octanol–water partition coefficient (Wildman–Crippen LogP) is 5.49. The molecular formula is C30H45ClO6.